The van der Waals surface area contributed by atoms with Gasteiger partial charge < -0.3 is 5.32 Å². The van der Waals surface area contributed by atoms with Crippen LogP contribution in [0.25, 0.3) is 5.69 Å². The Morgan fingerprint density at radius 2 is 1.88 bits per heavy atom. The Balaban J connectivity index is 1.57. The van der Waals surface area contributed by atoms with E-state index in [0.29, 0.717) is 5.16 Å². The highest BCUT2D eigenvalue weighted by atomic mass is 32.2. The summed E-state index contributed by atoms with van der Waals surface area (Å²) in [6.45, 7) is 4.11. The highest BCUT2D eigenvalue weighted by Crippen LogP contribution is 2.19. The number of tetrazole rings is 1. The van der Waals surface area contributed by atoms with Crippen LogP contribution in [0.3, 0.4) is 0 Å². The van der Waals surface area contributed by atoms with E-state index in [-0.39, 0.29) is 17.7 Å². The molecule has 0 saturated carbocycles. The Labute approximate surface area is 157 Å². The Morgan fingerprint density at radius 3 is 2.58 bits per heavy atom. The van der Waals surface area contributed by atoms with E-state index < -0.39 is 0 Å². The second kappa shape index (κ2) is 8.62. The van der Waals surface area contributed by atoms with Crippen LogP contribution >= 0.6 is 11.8 Å². The molecular formula is C19H21N5OS. The Kier molecular flexibility index (Phi) is 6.01. The summed E-state index contributed by atoms with van der Waals surface area (Å²) >= 11 is 1.31. The van der Waals surface area contributed by atoms with Crippen molar-refractivity contribution in [1.29, 1.82) is 0 Å². The topological polar surface area (TPSA) is 72.7 Å². The van der Waals surface area contributed by atoms with Gasteiger partial charge in [-0.25, -0.2) is 0 Å². The molecule has 0 aliphatic carbocycles. The highest BCUT2D eigenvalue weighted by Gasteiger charge is 2.13. The molecule has 0 bridgehead atoms. The van der Waals surface area contributed by atoms with Gasteiger partial charge in [-0.3, -0.25) is 4.79 Å². The summed E-state index contributed by atoms with van der Waals surface area (Å²) in [4.78, 5) is 12.3. The average molecular weight is 367 g/mol. The summed E-state index contributed by atoms with van der Waals surface area (Å²) in [7, 11) is 0. The van der Waals surface area contributed by atoms with Gasteiger partial charge in [0.25, 0.3) is 0 Å². The van der Waals surface area contributed by atoms with E-state index in [4.69, 9.17) is 0 Å². The van der Waals surface area contributed by atoms with Gasteiger partial charge in [-0.05, 0) is 47.0 Å². The molecule has 6 nitrogen and oxygen atoms in total. The SMILES string of the molecule is CCc1ccc([C@H](C)NC(=O)CSc2nnnn2-c2ccccc2)cc1. The number of thioether (sulfide) groups is 1. The van der Waals surface area contributed by atoms with Crippen LogP contribution in [-0.4, -0.2) is 31.9 Å². The summed E-state index contributed by atoms with van der Waals surface area (Å²) in [6, 6.07) is 17.9. The minimum Gasteiger partial charge on any atom is -0.349 e. The van der Waals surface area contributed by atoms with Crippen molar-refractivity contribution < 1.29 is 4.79 Å². The number of nitrogens with zero attached hydrogens (tertiary/aromatic N) is 4. The zero-order valence-corrected chi connectivity index (χ0v) is 15.6. The number of carbonyl (C=O) groups is 1. The maximum absolute atomic E-state index is 12.3. The molecule has 134 valence electrons. The van der Waals surface area contributed by atoms with Gasteiger partial charge in [-0.15, -0.1) is 5.10 Å². The van der Waals surface area contributed by atoms with Gasteiger partial charge in [0, 0.05) is 0 Å². The van der Waals surface area contributed by atoms with Crippen molar-refractivity contribution >= 4 is 17.7 Å². The number of aromatic nitrogens is 4. The van der Waals surface area contributed by atoms with E-state index in [1.165, 1.54) is 17.3 Å². The quantitative estimate of drug-likeness (QED) is 0.649. The van der Waals surface area contributed by atoms with Crippen molar-refractivity contribution in [2.75, 3.05) is 5.75 Å². The molecule has 2 aromatic carbocycles. The van der Waals surface area contributed by atoms with E-state index in [9.17, 15) is 4.79 Å². The molecular weight excluding hydrogens is 346 g/mol. The van der Waals surface area contributed by atoms with Crippen molar-refractivity contribution in [3.8, 4) is 5.69 Å². The summed E-state index contributed by atoms with van der Waals surface area (Å²) in [6.07, 6.45) is 1.01. The van der Waals surface area contributed by atoms with E-state index in [1.54, 1.807) is 4.68 Å². The van der Waals surface area contributed by atoms with Gasteiger partial charge in [-0.1, -0.05) is 61.2 Å². The van der Waals surface area contributed by atoms with Gasteiger partial charge in [0.2, 0.25) is 11.1 Å². The molecule has 0 saturated heterocycles. The van der Waals surface area contributed by atoms with Gasteiger partial charge in [0.15, 0.2) is 0 Å². The van der Waals surface area contributed by atoms with E-state index in [2.05, 4.69) is 52.0 Å². The first kappa shape index (κ1) is 18.1. The van der Waals surface area contributed by atoms with Crippen LogP contribution in [-0.2, 0) is 11.2 Å². The van der Waals surface area contributed by atoms with Gasteiger partial charge in [0.1, 0.15) is 0 Å². The molecule has 1 atom stereocenters. The lowest BCUT2D eigenvalue weighted by Gasteiger charge is -2.14. The molecule has 3 aromatic rings. The number of rotatable bonds is 7. The number of amides is 1. The zero-order chi connectivity index (χ0) is 18.4. The average Bonchev–Trinajstić information content (AvgIpc) is 3.16. The lowest BCUT2D eigenvalue weighted by atomic mass is 10.1. The first-order valence-corrected chi connectivity index (χ1v) is 9.50. The first-order valence-electron chi connectivity index (χ1n) is 8.52. The largest absolute Gasteiger partial charge is 0.349 e. The summed E-state index contributed by atoms with van der Waals surface area (Å²) in [5.74, 6) is 0.203. The number of hydrogen-bond acceptors (Lipinski definition) is 5. The minimum absolute atomic E-state index is 0.0425. The van der Waals surface area contributed by atoms with Crippen LogP contribution < -0.4 is 5.32 Å². The molecule has 3 rings (SSSR count). The fourth-order valence-corrected chi connectivity index (χ4v) is 3.24. The fraction of sp³-hybridized carbons (Fsp3) is 0.263. The molecule has 0 aliphatic heterocycles. The van der Waals surface area contributed by atoms with Crippen LogP contribution in [0.2, 0.25) is 0 Å². The zero-order valence-electron chi connectivity index (χ0n) is 14.8. The molecule has 1 aromatic heterocycles. The highest BCUT2D eigenvalue weighted by molar-refractivity contribution is 7.99. The van der Waals surface area contributed by atoms with Crippen molar-refractivity contribution in [2.45, 2.75) is 31.5 Å². The molecule has 0 unspecified atom stereocenters. The molecule has 0 radical (unpaired) electrons. The maximum atomic E-state index is 12.3. The van der Waals surface area contributed by atoms with E-state index >= 15 is 0 Å². The molecule has 1 heterocycles. The molecule has 1 amide bonds. The molecule has 1 N–H and O–H groups in total. The second-order valence-electron chi connectivity index (χ2n) is 5.88. The van der Waals surface area contributed by atoms with E-state index in [0.717, 1.165) is 17.7 Å². The van der Waals surface area contributed by atoms with Gasteiger partial charge in [-0.2, -0.15) is 4.68 Å². The van der Waals surface area contributed by atoms with Crippen LogP contribution in [0.15, 0.2) is 59.8 Å². The van der Waals surface area contributed by atoms with Crippen molar-refractivity contribution in [2.24, 2.45) is 0 Å². The third-order valence-electron chi connectivity index (χ3n) is 4.04. The molecule has 7 heteroatoms. The second-order valence-corrected chi connectivity index (χ2v) is 6.82. The molecule has 0 fully saturated rings. The summed E-state index contributed by atoms with van der Waals surface area (Å²) in [5.41, 5.74) is 3.25. The summed E-state index contributed by atoms with van der Waals surface area (Å²) in [5, 5.41) is 15.3. The molecule has 0 aliphatic rings. The number of benzene rings is 2. The van der Waals surface area contributed by atoms with Gasteiger partial charge in [0.05, 0.1) is 17.5 Å². The molecule has 26 heavy (non-hydrogen) atoms. The lowest BCUT2D eigenvalue weighted by Crippen LogP contribution is -2.28. The smallest absolute Gasteiger partial charge is 0.230 e. The van der Waals surface area contributed by atoms with Crippen LogP contribution in [0.5, 0.6) is 0 Å². The van der Waals surface area contributed by atoms with Crippen molar-refractivity contribution in [3.05, 3.63) is 65.7 Å². The van der Waals surface area contributed by atoms with Crippen LogP contribution in [0.4, 0.5) is 0 Å². The van der Waals surface area contributed by atoms with E-state index in [1.807, 2.05) is 37.3 Å². The number of hydrogen-bond donors (Lipinski definition) is 1. The monoisotopic (exact) mass is 367 g/mol. The number of para-hydroxylation sites is 1. The van der Waals surface area contributed by atoms with Crippen molar-refractivity contribution in [1.82, 2.24) is 25.5 Å². The van der Waals surface area contributed by atoms with Crippen LogP contribution in [0.1, 0.15) is 31.0 Å². The first-order chi connectivity index (χ1) is 12.7. The molecule has 0 spiro atoms. The number of carbonyl (C=O) groups excluding carboxylic acids is 1. The number of aryl methyl sites for hydroxylation is 1. The predicted molar refractivity (Wildman–Crippen MR) is 102 cm³/mol. The Hall–Kier alpha value is -2.67. The predicted octanol–water partition coefficient (Wildman–Crippen LogP) is 3.19. The maximum Gasteiger partial charge on any atom is 0.230 e. The third kappa shape index (κ3) is 4.49. The standard InChI is InChI=1S/C19H21N5OS/c1-3-15-9-11-16(12-10-15)14(2)20-18(25)13-26-19-21-22-23-24(19)17-7-5-4-6-8-17/h4-12,14H,3,13H2,1-2H3,(H,20,25)/t14-/m0/s1. The normalized spacial score (nSPS) is 11.9. The van der Waals surface area contributed by atoms with Gasteiger partial charge >= 0.3 is 0 Å². The number of nitrogens with one attached hydrogen (secondary N) is 1. The summed E-state index contributed by atoms with van der Waals surface area (Å²) < 4.78 is 1.63. The fourth-order valence-electron chi connectivity index (χ4n) is 2.54. The van der Waals surface area contributed by atoms with Crippen LogP contribution in [0, 0.1) is 0 Å². The third-order valence-corrected chi connectivity index (χ3v) is 4.96. The Morgan fingerprint density at radius 1 is 1.15 bits per heavy atom. The minimum atomic E-state index is -0.0512. The van der Waals surface area contributed by atoms with Crippen molar-refractivity contribution in [3.63, 3.8) is 0 Å². The lowest BCUT2D eigenvalue weighted by molar-refractivity contribution is -0.119. The Bertz CT molecular complexity index is 848.